The average molecular weight is 309 g/mol. The van der Waals surface area contributed by atoms with E-state index in [2.05, 4.69) is 26.4 Å². The number of terminal acetylenes is 1. The van der Waals surface area contributed by atoms with Gasteiger partial charge in [-0.3, -0.25) is 4.79 Å². The van der Waals surface area contributed by atoms with Crippen LogP contribution in [-0.4, -0.2) is 21.0 Å². The second kappa shape index (κ2) is 6.21. The zero-order chi connectivity index (χ0) is 16.3. The van der Waals surface area contributed by atoms with Crippen molar-refractivity contribution < 1.29 is 4.79 Å². The highest BCUT2D eigenvalue weighted by molar-refractivity contribution is 5.76. The van der Waals surface area contributed by atoms with Gasteiger partial charge in [-0.2, -0.15) is 10.2 Å². The molecule has 6 heteroatoms. The van der Waals surface area contributed by atoms with Gasteiger partial charge in [0.25, 0.3) is 0 Å². The van der Waals surface area contributed by atoms with E-state index in [-0.39, 0.29) is 5.91 Å². The van der Waals surface area contributed by atoms with Crippen molar-refractivity contribution in [3.05, 3.63) is 35.8 Å². The molecule has 0 atom stereocenters. The molecule has 1 amide bonds. The summed E-state index contributed by atoms with van der Waals surface area (Å²) in [5.41, 5.74) is 2.41. The number of hydrogen-bond donors (Lipinski definition) is 1. The number of rotatable bonds is 7. The van der Waals surface area contributed by atoms with E-state index in [0.29, 0.717) is 25.8 Å². The van der Waals surface area contributed by atoms with Crippen molar-refractivity contribution in [3.63, 3.8) is 0 Å². The molecule has 0 bridgehead atoms. The molecule has 0 unspecified atom stereocenters. The van der Waals surface area contributed by atoms with Crippen molar-refractivity contribution >= 4 is 11.6 Å². The molecular weight excluding hydrogens is 290 g/mol. The maximum Gasteiger partial charge on any atom is 0.220 e. The van der Waals surface area contributed by atoms with Gasteiger partial charge in [-0.05, 0) is 19.1 Å². The minimum Gasteiger partial charge on any atom is -0.350 e. The molecule has 6 nitrogen and oxygen atoms in total. The summed E-state index contributed by atoms with van der Waals surface area (Å²) in [5, 5.41) is 11.0. The van der Waals surface area contributed by atoms with Crippen LogP contribution in [0, 0.1) is 19.3 Å². The van der Waals surface area contributed by atoms with Crippen LogP contribution in [0.5, 0.6) is 0 Å². The monoisotopic (exact) mass is 309 g/mol. The third kappa shape index (κ3) is 3.39. The lowest BCUT2D eigenvalue weighted by Gasteiger charge is -2.09. The van der Waals surface area contributed by atoms with Gasteiger partial charge in [-0.1, -0.05) is 6.07 Å². The zero-order valence-electron chi connectivity index (χ0n) is 13.1. The second-order valence-electron chi connectivity index (χ2n) is 5.74. The number of nitrogens with one attached hydrogen (secondary N) is 1. The lowest BCUT2D eigenvalue weighted by atomic mass is 10.0. The van der Waals surface area contributed by atoms with Gasteiger partial charge in [0.15, 0.2) is 5.66 Å². The van der Waals surface area contributed by atoms with E-state index in [1.54, 1.807) is 0 Å². The Kier molecular flexibility index (Phi) is 4.11. The van der Waals surface area contributed by atoms with Crippen LogP contribution in [-0.2, 0) is 11.3 Å². The molecule has 0 fully saturated rings. The molecule has 23 heavy (non-hydrogen) atoms. The molecule has 1 aliphatic rings. The average Bonchev–Trinajstić information content (AvgIpc) is 3.26. The third-order valence-electron chi connectivity index (χ3n) is 4.09. The van der Waals surface area contributed by atoms with Crippen LogP contribution in [0.3, 0.4) is 0 Å². The molecule has 3 rings (SSSR count). The lowest BCUT2D eigenvalue weighted by Crippen LogP contribution is -2.25. The molecule has 3 heterocycles. The van der Waals surface area contributed by atoms with Crippen LogP contribution in [0.4, 0.5) is 0 Å². The highest BCUT2D eigenvalue weighted by Crippen LogP contribution is 2.37. The summed E-state index contributed by atoms with van der Waals surface area (Å²) in [6.07, 6.45) is 9.59. The molecule has 1 N–H and O–H groups in total. The highest BCUT2D eigenvalue weighted by atomic mass is 16.1. The first-order valence-electron chi connectivity index (χ1n) is 7.70. The van der Waals surface area contributed by atoms with Gasteiger partial charge in [0.1, 0.15) is 5.65 Å². The molecule has 0 aliphatic carbocycles. The maximum absolute atomic E-state index is 12.1. The van der Waals surface area contributed by atoms with Gasteiger partial charge in [-0.15, -0.1) is 12.3 Å². The van der Waals surface area contributed by atoms with Gasteiger partial charge in [0.05, 0.1) is 17.9 Å². The van der Waals surface area contributed by atoms with Crippen molar-refractivity contribution in [1.29, 1.82) is 0 Å². The fourth-order valence-corrected chi connectivity index (χ4v) is 2.63. The first kappa shape index (κ1) is 15.2. The fraction of sp³-hybridized carbons (Fsp3) is 0.412. The normalized spacial score (nSPS) is 14.6. The maximum atomic E-state index is 12.1. The number of hydrogen-bond acceptors (Lipinski definition) is 4. The van der Waals surface area contributed by atoms with E-state index in [4.69, 9.17) is 6.42 Å². The molecular formula is C17H19N5O. The van der Waals surface area contributed by atoms with Crippen LogP contribution in [0.2, 0.25) is 0 Å². The van der Waals surface area contributed by atoms with Crippen molar-refractivity contribution in [2.45, 2.75) is 44.8 Å². The van der Waals surface area contributed by atoms with E-state index < -0.39 is 5.66 Å². The van der Waals surface area contributed by atoms with E-state index in [9.17, 15) is 4.79 Å². The first-order valence-corrected chi connectivity index (χ1v) is 7.70. The summed E-state index contributed by atoms with van der Waals surface area (Å²) >= 11 is 0. The SMILES string of the molecule is C#CCCC1(CCC(=O)NCc2c(C)nc3ccccn23)N=N1. The summed E-state index contributed by atoms with van der Waals surface area (Å²) in [6.45, 7) is 2.41. The second-order valence-corrected chi connectivity index (χ2v) is 5.74. The Hall–Kier alpha value is -2.68. The number of amides is 1. The number of carbonyl (C=O) groups is 1. The van der Waals surface area contributed by atoms with Crippen molar-refractivity contribution in [1.82, 2.24) is 14.7 Å². The lowest BCUT2D eigenvalue weighted by molar-refractivity contribution is -0.121. The molecule has 0 spiro atoms. The molecule has 0 radical (unpaired) electrons. The molecule has 2 aromatic heterocycles. The van der Waals surface area contributed by atoms with Crippen LogP contribution in [0.15, 0.2) is 34.6 Å². The third-order valence-corrected chi connectivity index (χ3v) is 4.09. The van der Waals surface area contributed by atoms with E-state index in [1.807, 2.05) is 35.7 Å². The minimum atomic E-state index is -0.400. The van der Waals surface area contributed by atoms with Gasteiger partial charge < -0.3 is 9.72 Å². The van der Waals surface area contributed by atoms with Gasteiger partial charge in [0, 0.05) is 31.9 Å². The van der Waals surface area contributed by atoms with Crippen molar-refractivity contribution in [2.24, 2.45) is 10.2 Å². The molecule has 0 aromatic carbocycles. The van der Waals surface area contributed by atoms with Gasteiger partial charge >= 0.3 is 0 Å². The van der Waals surface area contributed by atoms with Crippen LogP contribution in [0.1, 0.15) is 37.1 Å². The quantitative estimate of drug-likeness (QED) is 0.799. The van der Waals surface area contributed by atoms with E-state index in [1.165, 1.54) is 0 Å². The van der Waals surface area contributed by atoms with E-state index >= 15 is 0 Å². The summed E-state index contributed by atoms with van der Waals surface area (Å²) in [5.74, 6) is 2.58. The Morgan fingerprint density at radius 1 is 1.39 bits per heavy atom. The standard InChI is InChI=1S/C17H19N5O/c1-3-4-9-17(20-21-17)10-8-16(23)18-12-14-13(2)19-15-7-5-6-11-22(14)15/h1,5-7,11H,4,8-10,12H2,2H3,(H,18,23). The van der Waals surface area contributed by atoms with Gasteiger partial charge in [0.2, 0.25) is 5.91 Å². The van der Waals surface area contributed by atoms with Gasteiger partial charge in [-0.25, -0.2) is 4.98 Å². The minimum absolute atomic E-state index is 0.00679. The molecule has 0 saturated heterocycles. The molecule has 2 aromatic rings. The Morgan fingerprint density at radius 3 is 2.96 bits per heavy atom. The molecule has 1 aliphatic heterocycles. The molecule has 0 saturated carbocycles. The topological polar surface area (TPSA) is 71.1 Å². The largest absolute Gasteiger partial charge is 0.350 e. The summed E-state index contributed by atoms with van der Waals surface area (Å²) in [7, 11) is 0. The Balaban J connectivity index is 1.53. The summed E-state index contributed by atoms with van der Waals surface area (Å²) < 4.78 is 2.00. The molecule has 118 valence electrons. The number of fused-ring (bicyclic) bond motifs is 1. The van der Waals surface area contributed by atoms with E-state index in [0.717, 1.165) is 23.5 Å². The van der Waals surface area contributed by atoms with Crippen LogP contribution >= 0.6 is 0 Å². The number of carbonyl (C=O) groups excluding carboxylic acids is 1. The fourth-order valence-electron chi connectivity index (χ4n) is 2.63. The van der Waals surface area contributed by atoms with Crippen molar-refractivity contribution in [2.75, 3.05) is 0 Å². The Labute approximate surface area is 135 Å². The number of nitrogens with zero attached hydrogens (tertiary/aromatic N) is 4. The van der Waals surface area contributed by atoms with Crippen LogP contribution in [0.25, 0.3) is 5.65 Å². The predicted molar refractivity (Wildman–Crippen MR) is 86.7 cm³/mol. The Morgan fingerprint density at radius 2 is 2.22 bits per heavy atom. The highest BCUT2D eigenvalue weighted by Gasteiger charge is 2.39. The number of pyridine rings is 1. The zero-order valence-corrected chi connectivity index (χ0v) is 13.1. The summed E-state index contributed by atoms with van der Waals surface area (Å²) in [4.78, 5) is 16.6. The Bertz CT molecular complexity index is 793. The predicted octanol–water partition coefficient (Wildman–Crippen LogP) is 2.61. The number of aromatic nitrogens is 2. The first-order chi connectivity index (χ1) is 11.1. The smallest absolute Gasteiger partial charge is 0.220 e. The van der Waals surface area contributed by atoms with Crippen LogP contribution < -0.4 is 5.32 Å². The summed E-state index contributed by atoms with van der Waals surface area (Å²) in [6, 6.07) is 5.84. The van der Waals surface area contributed by atoms with Crippen molar-refractivity contribution in [3.8, 4) is 12.3 Å². The number of imidazole rings is 1. The number of aryl methyl sites for hydroxylation is 1.